The van der Waals surface area contributed by atoms with E-state index in [2.05, 4.69) is 16.8 Å². The molecule has 8 heteroatoms. The first-order valence-corrected chi connectivity index (χ1v) is 13.4. The summed E-state index contributed by atoms with van der Waals surface area (Å²) in [7, 11) is -3.59. The normalized spacial score (nSPS) is 16.6. The second-order valence-electron chi connectivity index (χ2n) is 9.34. The molecule has 1 aliphatic rings. The van der Waals surface area contributed by atoms with Gasteiger partial charge in [0.2, 0.25) is 15.9 Å². The topological polar surface area (TPSA) is 84.3 Å². The Balaban J connectivity index is 1.43. The maximum Gasteiger partial charge on any atom is 0.243 e. The highest BCUT2D eigenvalue weighted by molar-refractivity contribution is 7.89. The molecule has 1 amide bonds. The smallest absolute Gasteiger partial charge is 0.243 e. The van der Waals surface area contributed by atoms with Gasteiger partial charge in [-0.05, 0) is 70.7 Å². The van der Waals surface area contributed by atoms with Crippen molar-refractivity contribution in [2.24, 2.45) is 5.92 Å². The zero-order chi connectivity index (χ0) is 24.6. The second kappa shape index (κ2) is 9.50. The fraction of sp³-hybridized carbons (Fsp3) is 0.462. The van der Waals surface area contributed by atoms with Crippen molar-refractivity contribution in [3.05, 3.63) is 58.9 Å². The van der Waals surface area contributed by atoms with Gasteiger partial charge < -0.3 is 9.88 Å². The number of carbonyl (C=O) groups excluding carboxylic acids is 1. The van der Waals surface area contributed by atoms with Crippen LogP contribution in [0, 0.1) is 26.7 Å². The van der Waals surface area contributed by atoms with E-state index in [1.54, 1.807) is 0 Å². The Morgan fingerprint density at radius 3 is 2.35 bits per heavy atom. The summed E-state index contributed by atoms with van der Waals surface area (Å²) >= 11 is 0. The number of piperidine rings is 1. The molecule has 1 N–H and O–H groups in total. The van der Waals surface area contributed by atoms with Crippen molar-refractivity contribution in [3.8, 4) is 0 Å². The molecule has 7 nitrogen and oxygen atoms in total. The molecule has 1 aliphatic heterocycles. The number of para-hydroxylation sites is 2. The SMILES string of the molecule is CCn1c(C(C)NC(=O)C2CCN(S(=O)(=O)c3c(C)cc(C)cc3C)CC2)nc2ccccc21. The lowest BCUT2D eigenvalue weighted by atomic mass is 9.97. The molecular formula is C26H34N4O3S. The molecule has 4 rings (SSSR count). The quantitative estimate of drug-likeness (QED) is 0.569. The van der Waals surface area contributed by atoms with E-state index < -0.39 is 10.0 Å². The number of rotatable bonds is 6. The molecule has 0 spiro atoms. The van der Waals surface area contributed by atoms with E-state index in [0.29, 0.717) is 30.8 Å². The van der Waals surface area contributed by atoms with Gasteiger partial charge >= 0.3 is 0 Å². The highest BCUT2D eigenvalue weighted by atomic mass is 32.2. The zero-order valence-corrected chi connectivity index (χ0v) is 21.4. The van der Waals surface area contributed by atoms with Gasteiger partial charge in [0, 0.05) is 25.6 Å². The minimum atomic E-state index is -3.59. The average Bonchev–Trinajstić information content (AvgIpc) is 3.17. The number of carbonyl (C=O) groups is 1. The molecule has 1 saturated heterocycles. The number of benzene rings is 2. The van der Waals surface area contributed by atoms with Crippen LogP contribution in [0.5, 0.6) is 0 Å². The number of aromatic nitrogens is 2. The predicted octanol–water partition coefficient (Wildman–Crippen LogP) is 4.26. The minimum absolute atomic E-state index is 0.0399. The summed E-state index contributed by atoms with van der Waals surface area (Å²) in [6.45, 7) is 11.1. The summed E-state index contributed by atoms with van der Waals surface area (Å²) in [4.78, 5) is 18.2. The Morgan fingerprint density at radius 1 is 1.12 bits per heavy atom. The molecule has 1 atom stereocenters. The van der Waals surface area contributed by atoms with Gasteiger partial charge in [-0.1, -0.05) is 29.8 Å². The van der Waals surface area contributed by atoms with E-state index >= 15 is 0 Å². The second-order valence-corrected chi connectivity index (χ2v) is 11.2. The molecular weight excluding hydrogens is 448 g/mol. The molecule has 0 aliphatic carbocycles. The first-order chi connectivity index (χ1) is 16.1. The molecule has 182 valence electrons. The molecule has 2 heterocycles. The van der Waals surface area contributed by atoms with Crippen LogP contribution >= 0.6 is 0 Å². The maximum atomic E-state index is 13.3. The summed E-state index contributed by atoms with van der Waals surface area (Å²) < 4.78 is 30.4. The van der Waals surface area contributed by atoms with Crippen molar-refractivity contribution in [1.82, 2.24) is 19.2 Å². The minimum Gasteiger partial charge on any atom is -0.346 e. The van der Waals surface area contributed by atoms with Crippen molar-refractivity contribution in [3.63, 3.8) is 0 Å². The van der Waals surface area contributed by atoms with Gasteiger partial charge in [0.1, 0.15) is 5.82 Å². The van der Waals surface area contributed by atoms with Crippen LogP contribution in [0.25, 0.3) is 11.0 Å². The van der Waals surface area contributed by atoms with Crippen LogP contribution in [-0.2, 0) is 21.4 Å². The van der Waals surface area contributed by atoms with Crippen molar-refractivity contribution >= 4 is 27.0 Å². The molecule has 1 unspecified atom stereocenters. The first-order valence-electron chi connectivity index (χ1n) is 12.0. The van der Waals surface area contributed by atoms with Crippen LogP contribution in [0.1, 0.15) is 55.2 Å². The summed E-state index contributed by atoms with van der Waals surface area (Å²) in [5.74, 6) is 0.581. The fourth-order valence-corrected chi connectivity index (χ4v) is 7.10. The first kappa shape index (κ1) is 24.4. The van der Waals surface area contributed by atoms with Crippen LogP contribution in [0.4, 0.5) is 0 Å². The van der Waals surface area contributed by atoms with Crippen molar-refractivity contribution in [2.45, 2.75) is 64.9 Å². The number of aryl methyl sites for hydroxylation is 4. The van der Waals surface area contributed by atoms with E-state index in [9.17, 15) is 13.2 Å². The molecule has 0 saturated carbocycles. The van der Waals surface area contributed by atoms with E-state index in [0.717, 1.165) is 40.1 Å². The van der Waals surface area contributed by atoms with Gasteiger partial charge in [0.25, 0.3) is 0 Å². The van der Waals surface area contributed by atoms with Gasteiger partial charge in [0.15, 0.2) is 0 Å². The Kier molecular flexibility index (Phi) is 6.82. The molecule has 34 heavy (non-hydrogen) atoms. The zero-order valence-electron chi connectivity index (χ0n) is 20.6. The van der Waals surface area contributed by atoms with E-state index in [1.807, 2.05) is 64.1 Å². The number of amides is 1. The number of nitrogens with zero attached hydrogens (tertiary/aromatic N) is 3. The third-order valence-corrected chi connectivity index (χ3v) is 8.98. The number of imidazole rings is 1. The number of fused-ring (bicyclic) bond motifs is 1. The van der Waals surface area contributed by atoms with Crippen LogP contribution in [0.2, 0.25) is 0 Å². The molecule has 0 bridgehead atoms. The van der Waals surface area contributed by atoms with E-state index in [1.165, 1.54) is 4.31 Å². The largest absolute Gasteiger partial charge is 0.346 e. The maximum absolute atomic E-state index is 13.3. The summed E-state index contributed by atoms with van der Waals surface area (Å²) in [6.07, 6.45) is 1.01. The number of hydrogen-bond donors (Lipinski definition) is 1. The average molecular weight is 483 g/mol. The number of sulfonamides is 1. The Morgan fingerprint density at radius 2 is 1.74 bits per heavy atom. The van der Waals surface area contributed by atoms with Crippen LogP contribution in [0.3, 0.4) is 0 Å². The van der Waals surface area contributed by atoms with Gasteiger partial charge in [-0.2, -0.15) is 4.31 Å². The van der Waals surface area contributed by atoms with Gasteiger partial charge in [-0.25, -0.2) is 13.4 Å². The lowest BCUT2D eigenvalue weighted by Crippen LogP contribution is -2.43. The molecule has 0 radical (unpaired) electrons. The van der Waals surface area contributed by atoms with Gasteiger partial charge in [-0.3, -0.25) is 4.79 Å². The summed E-state index contributed by atoms with van der Waals surface area (Å²) in [6, 6.07) is 11.6. The van der Waals surface area contributed by atoms with E-state index in [-0.39, 0.29) is 17.9 Å². The highest BCUT2D eigenvalue weighted by Crippen LogP contribution is 2.29. The molecule has 3 aromatic rings. The lowest BCUT2D eigenvalue weighted by Gasteiger charge is -2.32. The standard InChI is InChI=1S/C26H34N4O3S/c1-6-30-23-10-8-7-9-22(23)28-25(30)20(5)27-26(31)21-11-13-29(14-12-21)34(32,33)24-18(3)15-17(2)16-19(24)4/h7-10,15-16,20-21H,6,11-14H2,1-5H3,(H,27,31). The highest BCUT2D eigenvalue weighted by Gasteiger charge is 2.34. The lowest BCUT2D eigenvalue weighted by molar-refractivity contribution is -0.126. The Bertz CT molecular complexity index is 1300. The van der Waals surface area contributed by atoms with Crippen LogP contribution < -0.4 is 5.32 Å². The van der Waals surface area contributed by atoms with Crippen LogP contribution in [-0.4, -0.2) is 41.3 Å². The number of nitrogens with one attached hydrogen (secondary N) is 1. The Labute approximate surface area is 202 Å². The Hall–Kier alpha value is -2.71. The molecule has 1 aromatic heterocycles. The van der Waals surface area contributed by atoms with Crippen molar-refractivity contribution < 1.29 is 13.2 Å². The van der Waals surface area contributed by atoms with Crippen LogP contribution in [0.15, 0.2) is 41.3 Å². The van der Waals surface area contributed by atoms with Gasteiger partial charge in [-0.15, -0.1) is 0 Å². The van der Waals surface area contributed by atoms with Gasteiger partial charge in [0.05, 0.1) is 22.0 Å². The third-order valence-electron chi connectivity index (χ3n) is 6.77. The summed E-state index contributed by atoms with van der Waals surface area (Å²) in [5.41, 5.74) is 4.56. The monoisotopic (exact) mass is 482 g/mol. The molecule has 1 fully saturated rings. The predicted molar refractivity (Wildman–Crippen MR) is 134 cm³/mol. The van der Waals surface area contributed by atoms with Crippen molar-refractivity contribution in [2.75, 3.05) is 13.1 Å². The fourth-order valence-electron chi connectivity index (χ4n) is 5.21. The van der Waals surface area contributed by atoms with E-state index in [4.69, 9.17) is 4.98 Å². The number of hydrogen-bond acceptors (Lipinski definition) is 4. The summed E-state index contributed by atoms with van der Waals surface area (Å²) in [5, 5.41) is 3.12. The third kappa shape index (κ3) is 4.49. The van der Waals surface area contributed by atoms with Crippen molar-refractivity contribution in [1.29, 1.82) is 0 Å². The molecule has 2 aromatic carbocycles.